The number of para-hydroxylation sites is 1. The molecule has 0 amide bonds. The third kappa shape index (κ3) is 4.50. The molecule has 0 heterocycles. The maximum Gasteiger partial charge on any atom is 0.127 e. The van der Waals surface area contributed by atoms with Crippen LogP contribution in [0.4, 0.5) is 0 Å². The van der Waals surface area contributed by atoms with Crippen LogP contribution in [0.15, 0.2) is 54.6 Å². The number of benzene rings is 2. The summed E-state index contributed by atoms with van der Waals surface area (Å²) < 4.78 is 11.8. The molecule has 1 unspecified atom stereocenters. The zero-order valence-electron chi connectivity index (χ0n) is 12.9. The van der Waals surface area contributed by atoms with Gasteiger partial charge < -0.3 is 14.8 Å². The molecule has 0 aromatic heterocycles. The lowest BCUT2D eigenvalue weighted by atomic mass is 10.0. The Morgan fingerprint density at radius 3 is 2.05 bits per heavy atom. The molecule has 0 radical (unpaired) electrons. The van der Waals surface area contributed by atoms with Crippen LogP contribution in [-0.2, 0) is 0 Å². The van der Waals surface area contributed by atoms with Gasteiger partial charge in [-0.1, -0.05) is 25.1 Å². The highest BCUT2D eigenvalue weighted by Crippen LogP contribution is 2.26. The normalized spacial score (nSPS) is 13.5. The largest absolute Gasteiger partial charge is 0.486 e. The standard InChI is InChI=1S/C18H23NO2/c1-4-18(2,14-19-3)21-17-12-10-16(11-13-17)20-15-8-6-5-7-9-15/h5-13,19H,4,14H2,1-3H3. The first kappa shape index (κ1) is 15.4. The molecule has 1 N–H and O–H groups in total. The van der Waals surface area contributed by atoms with Gasteiger partial charge in [-0.15, -0.1) is 0 Å². The van der Waals surface area contributed by atoms with Gasteiger partial charge >= 0.3 is 0 Å². The van der Waals surface area contributed by atoms with Crippen molar-refractivity contribution in [3.63, 3.8) is 0 Å². The van der Waals surface area contributed by atoms with Crippen molar-refractivity contribution in [2.24, 2.45) is 0 Å². The van der Waals surface area contributed by atoms with E-state index in [-0.39, 0.29) is 5.60 Å². The Labute approximate surface area is 126 Å². The fourth-order valence-electron chi connectivity index (χ4n) is 2.09. The summed E-state index contributed by atoms with van der Waals surface area (Å²) in [5, 5.41) is 3.17. The van der Waals surface area contributed by atoms with E-state index < -0.39 is 0 Å². The molecule has 0 aliphatic heterocycles. The molecule has 21 heavy (non-hydrogen) atoms. The summed E-state index contributed by atoms with van der Waals surface area (Å²) in [5.74, 6) is 2.50. The minimum absolute atomic E-state index is 0.198. The van der Waals surface area contributed by atoms with Gasteiger partial charge in [0.1, 0.15) is 22.8 Å². The summed E-state index contributed by atoms with van der Waals surface area (Å²) >= 11 is 0. The molecule has 0 saturated heterocycles. The average Bonchev–Trinajstić information content (AvgIpc) is 2.51. The van der Waals surface area contributed by atoms with E-state index >= 15 is 0 Å². The maximum atomic E-state index is 6.08. The lowest BCUT2D eigenvalue weighted by Crippen LogP contribution is -2.41. The Bertz CT molecular complexity index is 539. The van der Waals surface area contributed by atoms with Crippen molar-refractivity contribution in [3.8, 4) is 17.2 Å². The number of likely N-dealkylation sites (N-methyl/N-ethyl adjacent to an activating group) is 1. The first-order valence-corrected chi connectivity index (χ1v) is 7.32. The fraction of sp³-hybridized carbons (Fsp3) is 0.333. The molecule has 0 aliphatic carbocycles. The fourth-order valence-corrected chi connectivity index (χ4v) is 2.09. The molecule has 2 aromatic carbocycles. The van der Waals surface area contributed by atoms with Gasteiger partial charge in [0, 0.05) is 6.54 Å². The Hall–Kier alpha value is -2.00. The van der Waals surface area contributed by atoms with E-state index in [2.05, 4.69) is 19.2 Å². The molecule has 2 rings (SSSR count). The molecule has 0 spiro atoms. The van der Waals surface area contributed by atoms with Gasteiger partial charge in [-0.05, 0) is 56.8 Å². The molecule has 3 heteroatoms. The van der Waals surface area contributed by atoms with Crippen LogP contribution in [0.2, 0.25) is 0 Å². The summed E-state index contributed by atoms with van der Waals surface area (Å²) in [7, 11) is 1.94. The van der Waals surface area contributed by atoms with Crippen molar-refractivity contribution in [2.45, 2.75) is 25.9 Å². The summed E-state index contributed by atoms with van der Waals surface area (Å²) in [6.45, 7) is 5.05. The van der Waals surface area contributed by atoms with Gasteiger partial charge in [-0.2, -0.15) is 0 Å². The van der Waals surface area contributed by atoms with Crippen LogP contribution in [0.5, 0.6) is 17.2 Å². The molecular formula is C18H23NO2. The van der Waals surface area contributed by atoms with E-state index in [0.29, 0.717) is 0 Å². The molecule has 0 aliphatic rings. The van der Waals surface area contributed by atoms with E-state index in [4.69, 9.17) is 9.47 Å². The zero-order chi connectivity index (χ0) is 15.1. The van der Waals surface area contributed by atoms with Crippen molar-refractivity contribution in [1.82, 2.24) is 5.32 Å². The first-order valence-electron chi connectivity index (χ1n) is 7.32. The number of hydrogen-bond donors (Lipinski definition) is 1. The smallest absolute Gasteiger partial charge is 0.127 e. The van der Waals surface area contributed by atoms with Crippen LogP contribution in [0, 0.1) is 0 Å². The third-order valence-corrected chi connectivity index (χ3v) is 3.47. The van der Waals surface area contributed by atoms with Gasteiger partial charge in [0.2, 0.25) is 0 Å². The lowest BCUT2D eigenvalue weighted by molar-refractivity contribution is 0.0857. The number of hydrogen-bond acceptors (Lipinski definition) is 3. The van der Waals surface area contributed by atoms with Crippen LogP contribution in [0.1, 0.15) is 20.3 Å². The summed E-state index contributed by atoms with van der Waals surface area (Å²) in [6, 6.07) is 17.5. The molecule has 1 atom stereocenters. The van der Waals surface area contributed by atoms with E-state index in [1.807, 2.05) is 61.6 Å². The van der Waals surface area contributed by atoms with Gasteiger partial charge in [0.05, 0.1) is 0 Å². The SMILES string of the molecule is CCC(C)(CNC)Oc1ccc(Oc2ccccc2)cc1. The Morgan fingerprint density at radius 1 is 0.905 bits per heavy atom. The topological polar surface area (TPSA) is 30.5 Å². The van der Waals surface area contributed by atoms with Gasteiger partial charge in [-0.25, -0.2) is 0 Å². The van der Waals surface area contributed by atoms with E-state index in [9.17, 15) is 0 Å². The summed E-state index contributed by atoms with van der Waals surface area (Å²) in [4.78, 5) is 0. The van der Waals surface area contributed by atoms with Crippen molar-refractivity contribution >= 4 is 0 Å². The van der Waals surface area contributed by atoms with E-state index in [1.165, 1.54) is 0 Å². The molecular weight excluding hydrogens is 262 g/mol. The number of rotatable bonds is 7. The second kappa shape index (κ2) is 7.14. The molecule has 112 valence electrons. The van der Waals surface area contributed by atoms with Crippen molar-refractivity contribution in [2.75, 3.05) is 13.6 Å². The minimum Gasteiger partial charge on any atom is -0.486 e. The molecule has 3 nitrogen and oxygen atoms in total. The van der Waals surface area contributed by atoms with Gasteiger partial charge in [0.15, 0.2) is 0 Å². The van der Waals surface area contributed by atoms with E-state index in [1.54, 1.807) is 0 Å². The lowest BCUT2D eigenvalue weighted by Gasteiger charge is -2.29. The molecule has 0 fully saturated rings. The maximum absolute atomic E-state index is 6.08. The number of ether oxygens (including phenoxy) is 2. The Morgan fingerprint density at radius 2 is 1.48 bits per heavy atom. The summed E-state index contributed by atoms with van der Waals surface area (Å²) in [5.41, 5.74) is -0.198. The highest BCUT2D eigenvalue weighted by molar-refractivity contribution is 5.35. The average molecular weight is 285 g/mol. The summed E-state index contributed by atoms with van der Waals surface area (Å²) in [6.07, 6.45) is 0.941. The second-order valence-corrected chi connectivity index (χ2v) is 5.32. The quantitative estimate of drug-likeness (QED) is 0.825. The second-order valence-electron chi connectivity index (χ2n) is 5.32. The van der Waals surface area contributed by atoms with Crippen LogP contribution in [0.25, 0.3) is 0 Å². The highest BCUT2D eigenvalue weighted by atomic mass is 16.5. The van der Waals surface area contributed by atoms with Crippen molar-refractivity contribution in [1.29, 1.82) is 0 Å². The zero-order valence-corrected chi connectivity index (χ0v) is 12.9. The van der Waals surface area contributed by atoms with Gasteiger partial charge in [-0.3, -0.25) is 0 Å². The molecule has 0 bridgehead atoms. The van der Waals surface area contributed by atoms with Crippen LogP contribution in [-0.4, -0.2) is 19.2 Å². The van der Waals surface area contributed by atoms with Crippen LogP contribution < -0.4 is 14.8 Å². The predicted octanol–water partition coefficient (Wildman–Crippen LogP) is 4.25. The predicted molar refractivity (Wildman–Crippen MR) is 86.2 cm³/mol. The van der Waals surface area contributed by atoms with Crippen LogP contribution >= 0.6 is 0 Å². The van der Waals surface area contributed by atoms with E-state index in [0.717, 1.165) is 30.2 Å². The van der Waals surface area contributed by atoms with Gasteiger partial charge in [0.25, 0.3) is 0 Å². The molecule has 2 aromatic rings. The van der Waals surface area contributed by atoms with Crippen molar-refractivity contribution < 1.29 is 9.47 Å². The highest BCUT2D eigenvalue weighted by Gasteiger charge is 2.23. The van der Waals surface area contributed by atoms with Crippen LogP contribution in [0.3, 0.4) is 0 Å². The first-order chi connectivity index (χ1) is 10.1. The minimum atomic E-state index is -0.198. The van der Waals surface area contributed by atoms with Crippen molar-refractivity contribution in [3.05, 3.63) is 54.6 Å². The Balaban J connectivity index is 2.02. The molecule has 0 saturated carbocycles. The Kier molecular flexibility index (Phi) is 5.23. The number of nitrogens with one attached hydrogen (secondary N) is 1. The third-order valence-electron chi connectivity index (χ3n) is 3.47. The monoisotopic (exact) mass is 285 g/mol.